The summed E-state index contributed by atoms with van der Waals surface area (Å²) in [7, 11) is 6.83. The molecule has 0 spiro atoms. The SMILES string of the molecule is COc1cccc[c]1[Bi]([Br])([c]1ccccc1OC)([c]1ccccc1OC)[c]1ccccc1OC. The molecule has 0 N–H and O–H groups in total. The first-order chi connectivity index (χ1) is 16.5. The molecule has 0 heterocycles. The standard InChI is InChI=1S/4C7H7O.Bi.BrH/c4*1-8-7-5-3-2-4-6-7;;/h4*2-5H,1H3;;1H/q;;;;+1;/p-1. The zero-order valence-corrected chi connectivity index (χ0v) is 24.8. The molecule has 4 aromatic carbocycles. The number of ether oxygens (including phenoxy) is 4. The van der Waals surface area contributed by atoms with Crippen molar-refractivity contribution >= 4 is 41.7 Å². The third-order valence-electron chi connectivity index (χ3n) is 6.15. The second-order valence-electron chi connectivity index (χ2n) is 7.70. The molecule has 176 valence electrons. The first-order valence-electron chi connectivity index (χ1n) is 10.8. The van der Waals surface area contributed by atoms with Gasteiger partial charge in [-0.15, -0.1) is 0 Å². The van der Waals surface area contributed by atoms with Gasteiger partial charge < -0.3 is 0 Å². The quantitative estimate of drug-likeness (QED) is 0.259. The van der Waals surface area contributed by atoms with Crippen molar-refractivity contribution in [3.05, 3.63) is 97.1 Å². The molecule has 4 rings (SSSR count). The van der Waals surface area contributed by atoms with Gasteiger partial charge in [0.25, 0.3) is 0 Å². The van der Waals surface area contributed by atoms with Crippen LogP contribution in [0.1, 0.15) is 0 Å². The van der Waals surface area contributed by atoms with Crippen molar-refractivity contribution in [1.29, 1.82) is 0 Å². The number of hydrogen-bond acceptors (Lipinski definition) is 4. The van der Waals surface area contributed by atoms with E-state index in [4.69, 9.17) is 18.9 Å². The fraction of sp³-hybridized carbons (Fsp3) is 0.143. The van der Waals surface area contributed by atoms with E-state index in [-0.39, 0.29) is 0 Å². The van der Waals surface area contributed by atoms with E-state index in [1.807, 2.05) is 72.8 Å². The van der Waals surface area contributed by atoms with Crippen molar-refractivity contribution in [3.8, 4) is 23.0 Å². The molecule has 0 saturated heterocycles. The molecule has 0 amide bonds. The van der Waals surface area contributed by atoms with Gasteiger partial charge in [0.2, 0.25) is 0 Å². The Hall–Kier alpha value is -2.56. The maximum atomic E-state index is 6.00. The summed E-state index contributed by atoms with van der Waals surface area (Å²) in [5.41, 5.74) is 0. The first kappa shape index (κ1) is 24.6. The molecule has 0 aliphatic carbocycles. The fourth-order valence-electron chi connectivity index (χ4n) is 4.69. The number of para-hydroxylation sites is 4. The minimum absolute atomic E-state index is 0.787. The van der Waals surface area contributed by atoms with Crippen LogP contribution in [0.5, 0.6) is 23.0 Å². The maximum absolute atomic E-state index is 6.00. The van der Waals surface area contributed by atoms with Crippen LogP contribution in [-0.4, -0.2) is 44.9 Å². The second kappa shape index (κ2) is 9.97. The van der Waals surface area contributed by atoms with E-state index in [1.54, 1.807) is 28.4 Å². The van der Waals surface area contributed by atoms with E-state index < -0.39 is 16.4 Å². The van der Waals surface area contributed by atoms with Crippen molar-refractivity contribution in [2.75, 3.05) is 28.4 Å². The summed E-state index contributed by atoms with van der Waals surface area (Å²) in [6.45, 7) is 0. The van der Waals surface area contributed by atoms with Crippen LogP contribution in [0, 0.1) is 0 Å². The van der Waals surface area contributed by atoms with Gasteiger partial charge in [-0.2, -0.15) is 0 Å². The predicted octanol–water partition coefficient (Wildman–Crippen LogP) is 3.94. The minimum atomic E-state index is -5.19. The van der Waals surface area contributed by atoms with Crippen LogP contribution in [0.15, 0.2) is 97.1 Å². The Morgan fingerprint density at radius 2 is 0.618 bits per heavy atom. The van der Waals surface area contributed by atoms with Gasteiger partial charge in [0.1, 0.15) is 0 Å². The Bertz CT molecular complexity index is 1110. The van der Waals surface area contributed by atoms with Crippen LogP contribution in [0.3, 0.4) is 0 Å². The predicted molar refractivity (Wildman–Crippen MR) is 145 cm³/mol. The topological polar surface area (TPSA) is 36.9 Å². The summed E-state index contributed by atoms with van der Waals surface area (Å²) in [6, 6.07) is 32.8. The van der Waals surface area contributed by atoms with Crippen molar-refractivity contribution in [2.24, 2.45) is 0 Å². The number of rotatable bonds is 8. The van der Waals surface area contributed by atoms with E-state index in [0.717, 1.165) is 36.1 Å². The van der Waals surface area contributed by atoms with Crippen LogP contribution < -0.4 is 32.0 Å². The normalized spacial score (nSPS) is 12.3. The average molecular weight is 717 g/mol. The van der Waals surface area contributed by atoms with Gasteiger partial charge in [-0.1, -0.05) is 0 Å². The Balaban J connectivity index is 2.40. The van der Waals surface area contributed by atoms with Gasteiger partial charge in [-0.05, 0) is 0 Å². The summed E-state index contributed by atoms with van der Waals surface area (Å²) in [5.74, 6) is 3.15. The van der Waals surface area contributed by atoms with E-state index in [2.05, 4.69) is 36.5 Å². The molecule has 4 aromatic rings. The van der Waals surface area contributed by atoms with Gasteiger partial charge in [0.05, 0.1) is 0 Å². The monoisotopic (exact) mass is 716 g/mol. The third kappa shape index (κ3) is 3.59. The number of halogens is 1. The molecule has 0 fully saturated rings. The van der Waals surface area contributed by atoms with E-state index in [1.165, 1.54) is 0 Å². The molecule has 0 aromatic heterocycles. The van der Waals surface area contributed by atoms with E-state index >= 15 is 0 Å². The molecule has 4 nitrogen and oxygen atoms in total. The first-order valence-corrected chi connectivity index (χ1v) is 25.3. The molecule has 0 aliphatic heterocycles. The van der Waals surface area contributed by atoms with Crippen LogP contribution in [0.2, 0.25) is 0 Å². The Morgan fingerprint density at radius 3 is 0.824 bits per heavy atom. The van der Waals surface area contributed by atoms with Crippen LogP contribution in [0.4, 0.5) is 0 Å². The molecule has 34 heavy (non-hydrogen) atoms. The van der Waals surface area contributed by atoms with E-state index in [9.17, 15) is 0 Å². The molecule has 0 radical (unpaired) electrons. The molecular formula is C28H28BiBrO4. The summed E-state index contributed by atoms with van der Waals surface area (Å²) < 4.78 is 28.3. The Labute approximate surface area is 208 Å². The molecule has 0 saturated carbocycles. The average Bonchev–Trinajstić information content (AvgIpc) is 2.92. The summed E-state index contributed by atoms with van der Waals surface area (Å²) in [4.78, 5) is 0. The van der Waals surface area contributed by atoms with Crippen molar-refractivity contribution in [2.45, 2.75) is 0 Å². The second-order valence-corrected chi connectivity index (χ2v) is 35.5. The molecule has 0 bridgehead atoms. The summed E-state index contributed by atoms with van der Waals surface area (Å²) in [6.07, 6.45) is 0. The number of hydrogen-bond donors (Lipinski definition) is 0. The van der Waals surface area contributed by atoms with Crippen LogP contribution in [-0.2, 0) is 0 Å². The van der Waals surface area contributed by atoms with Crippen molar-refractivity contribution in [3.63, 3.8) is 0 Å². The molecule has 6 heteroatoms. The van der Waals surface area contributed by atoms with E-state index in [0.29, 0.717) is 0 Å². The Morgan fingerprint density at radius 1 is 0.412 bits per heavy atom. The molecule has 0 atom stereocenters. The number of methoxy groups -OCH3 is 4. The van der Waals surface area contributed by atoms with Gasteiger partial charge in [0, 0.05) is 0 Å². The van der Waals surface area contributed by atoms with Crippen molar-refractivity contribution in [1.82, 2.24) is 0 Å². The zero-order valence-electron chi connectivity index (χ0n) is 19.7. The third-order valence-corrected chi connectivity index (χ3v) is 39.4. The van der Waals surface area contributed by atoms with Crippen LogP contribution >= 0.6 is 12.2 Å². The van der Waals surface area contributed by atoms with Gasteiger partial charge in [-0.25, -0.2) is 0 Å². The summed E-state index contributed by atoms with van der Waals surface area (Å²) in [5, 5.41) is 0. The number of benzene rings is 4. The van der Waals surface area contributed by atoms with Gasteiger partial charge >= 0.3 is 209 Å². The Kier molecular flexibility index (Phi) is 7.20. The molecule has 0 aliphatic rings. The molecule has 0 unspecified atom stereocenters. The van der Waals surface area contributed by atoms with Gasteiger partial charge in [-0.3, -0.25) is 0 Å². The fourth-order valence-corrected chi connectivity index (χ4v) is 35.7. The molecular weight excluding hydrogens is 689 g/mol. The summed E-state index contributed by atoms with van der Waals surface area (Å²) >= 11 is -0.603. The zero-order chi connectivity index (χ0) is 24.2. The van der Waals surface area contributed by atoms with Crippen LogP contribution in [0.25, 0.3) is 0 Å². The van der Waals surface area contributed by atoms with Crippen molar-refractivity contribution < 1.29 is 18.9 Å². The van der Waals surface area contributed by atoms with Gasteiger partial charge in [0.15, 0.2) is 0 Å².